The smallest absolute Gasteiger partial charge is 0.303 e. The van der Waals surface area contributed by atoms with Crippen molar-refractivity contribution in [2.75, 3.05) is 6.54 Å². The summed E-state index contributed by atoms with van der Waals surface area (Å²) in [5, 5.41) is 11.1. The van der Waals surface area contributed by atoms with Crippen LogP contribution in [0.15, 0.2) is 12.2 Å². The summed E-state index contributed by atoms with van der Waals surface area (Å²) in [6.45, 7) is 7.88. The molecule has 15 heavy (non-hydrogen) atoms. The molecule has 0 fully saturated rings. The largest absolute Gasteiger partial charge is 0.481 e. The van der Waals surface area contributed by atoms with E-state index in [2.05, 4.69) is 11.9 Å². The van der Waals surface area contributed by atoms with Crippen molar-refractivity contribution in [2.45, 2.75) is 33.1 Å². The number of carbonyl (C=O) groups excluding carboxylic acids is 1. The average Bonchev–Trinajstić information content (AvgIpc) is 2.10. The van der Waals surface area contributed by atoms with Gasteiger partial charge in [-0.05, 0) is 19.8 Å². The second-order valence-electron chi connectivity index (χ2n) is 3.85. The molecular formula is C11H19NO3. The third-order valence-electron chi connectivity index (χ3n) is 1.97. The normalized spacial score (nSPS) is 11.9. The molecule has 0 aromatic carbocycles. The molecule has 0 heterocycles. The van der Waals surface area contributed by atoms with Crippen molar-refractivity contribution in [1.29, 1.82) is 0 Å². The Hall–Kier alpha value is -1.32. The fourth-order valence-electron chi connectivity index (χ4n) is 1.24. The molecule has 0 saturated carbocycles. The van der Waals surface area contributed by atoms with Crippen LogP contribution in [-0.4, -0.2) is 23.5 Å². The van der Waals surface area contributed by atoms with Gasteiger partial charge in [-0.25, -0.2) is 0 Å². The quantitative estimate of drug-likeness (QED) is 0.498. The summed E-state index contributed by atoms with van der Waals surface area (Å²) < 4.78 is 0. The molecule has 4 nitrogen and oxygen atoms in total. The number of carboxylic acid groups (broad SMARTS) is 1. The highest BCUT2D eigenvalue weighted by molar-refractivity contribution is 5.78. The molecular weight excluding hydrogens is 194 g/mol. The Kier molecular flexibility index (Phi) is 6.42. The summed E-state index contributed by atoms with van der Waals surface area (Å²) in [6.07, 6.45) is 1.24. The standard InChI is InChI=1S/C11H19NO3/c1-8(2)7-9(3)11(15)12-6-4-5-10(13)14/h9H,1,4-7H2,2-3H3,(H,12,15)(H,13,14). The highest BCUT2D eigenvalue weighted by atomic mass is 16.4. The number of nitrogens with one attached hydrogen (secondary N) is 1. The van der Waals surface area contributed by atoms with Gasteiger partial charge >= 0.3 is 5.97 Å². The van der Waals surface area contributed by atoms with Crippen LogP contribution in [0, 0.1) is 5.92 Å². The van der Waals surface area contributed by atoms with Crippen molar-refractivity contribution in [3.8, 4) is 0 Å². The minimum absolute atomic E-state index is 0.0385. The minimum Gasteiger partial charge on any atom is -0.481 e. The molecule has 0 aromatic heterocycles. The van der Waals surface area contributed by atoms with Crippen LogP contribution in [-0.2, 0) is 9.59 Å². The van der Waals surface area contributed by atoms with Gasteiger partial charge in [0.1, 0.15) is 0 Å². The molecule has 1 unspecified atom stereocenters. The van der Waals surface area contributed by atoms with E-state index in [1.54, 1.807) is 0 Å². The van der Waals surface area contributed by atoms with E-state index in [9.17, 15) is 9.59 Å². The predicted molar refractivity (Wildman–Crippen MR) is 58.5 cm³/mol. The van der Waals surface area contributed by atoms with Crippen molar-refractivity contribution in [3.63, 3.8) is 0 Å². The van der Waals surface area contributed by atoms with Crippen molar-refractivity contribution in [2.24, 2.45) is 5.92 Å². The molecule has 0 spiro atoms. The number of carbonyl (C=O) groups is 2. The van der Waals surface area contributed by atoms with E-state index in [1.165, 1.54) is 0 Å². The summed E-state index contributed by atoms with van der Waals surface area (Å²) in [5.74, 6) is -0.963. The van der Waals surface area contributed by atoms with Crippen LogP contribution in [0.25, 0.3) is 0 Å². The van der Waals surface area contributed by atoms with Gasteiger partial charge in [0.05, 0.1) is 0 Å². The zero-order chi connectivity index (χ0) is 11.8. The number of allylic oxidation sites excluding steroid dienone is 1. The maximum absolute atomic E-state index is 11.4. The lowest BCUT2D eigenvalue weighted by Crippen LogP contribution is -2.30. The van der Waals surface area contributed by atoms with Gasteiger partial charge < -0.3 is 10.4 Å². The predicted octanol–water partition coefficient (Wildman–Crippen LogP) is 1.57. The fourth-order valence-corrected chi connectivity index (χ4v) is 1.24. The second kappa shape index (κ2) is 7.04. The number of hydrogen-bond donors (Lipinski definition) is 2. The SMILES string of the molecule is C=C(C)CC(C)C(=O)NCCCC(=O)O. The number of hydrogen-bond acceptors (Lipinski definition) is 2. The topological polar surface area (TPSA) is 66.4 Å². The van der Waals surface area contributed by atoms with Gasteiger partial charge in [-0.3, -0.25) is 9.59 Å². The first-order valence-corrected chi connectivity index (χ1v) is 5.07. The molecule has 2 N–H and O–H groups in total. The Labute approximate surface area is 90.4 Å². The first-order chi connectivity index (χ1) is 6.93. The van der Waals surface area contributed by atoms with E-state index in [4.69, 9.17) is 5.11 Å². The van der Waals surface area contributed by atoms with Crippen molar-refractivity contribution < 1.29 is 14.7 Å². The average molecular weight is 213 g/mol. The lowest BCUT2D eigenvalue weighted by molar-refractivity contribution is -0.137. The Bertz CT molecular complexity index is 248. The third-order valence-corrected chi connectivity index (χ3v) is 1.97. The zero-order valence-electron chi connectivity index (χ0n) is 9.38. The third kappa shape index (κ3) is 7.73. The van der Waals surface area contributed by atoms with E-state index in [0.29, 0.717) is 19.4 Å². The Morgan fingerprint density at radius 3 is 2.53 bits per heavy atom. The van der Waals surface area contributed by atoms with E-state index in [0.717, 1.165) is 5.57 Å². The molecule has 86 valence electrons. The molecule has 0 bridgehead atoms. The van der Waals surface area contributed by atoms with Gasteiger partial charge in [-0.1, -0.05) is 12.5 Å². The van der Waals surface area contributed by atoms with E-state index in [-0.39, 0.29) is 18.2 Å². The molecule has 0 rings (SSSR count). The molecule has 0 aliphatic carbocycles. The second-order valence-corrected chi connectivity index (χ2v) is 3.85. The number of amides is 1. The number of aliphatic carboxylic acids is 1. The monoisotopic (exact) mass is 213 g/mol. The molecule has 0 aromatic rings. The van der Waals surface area contributed by atoms with Gasteiger partial charge in [0.25, 0.3) is 0 Å². The van der Waals surface area contributed by atoms with Crippen LogP contribution in [0.1, 0.15) is 33.1 Å². The van der Waals surface area contributed by atoms with Crippen LogP contribution in [0.2, 0.25) is 0 Å². The molecule has 0 radical (unpaired) electrons. The van der Waals surface area contributed by atoms with Gasteiger partial charge in [0.15, 0.2) is 0 Å². The molecule has 0 aliphatic heterocycles. The lowest BCUT2D eigenvalue weighted by atomic mass is 10.0. The van der Waals surface area contributed by atoms with Crippen molar-refractivity contribution in [1.82, 2.24) is 5.32 Å². The van der Waals surface area contributed by atoms with E-state index < -0.39 is 5.97 Å². The first kappa shape index (κ1) is 13.7. The van der Waals surface area contributed by atoms with Crippen LogP contribution in [0.4, 0.5) is 0 Å². The molecule has 1 amide bonds. The summed E-state index contributed by atoms with van der Waals surface area (Å²) in [5.41, 5.74) is 0.975. The number of rotatable bonds is 7. The molecule has 0 saturated heterocycles. The van der Waals surface area contributed by atoms with Gasteiger partial charge in [0, 0.05) is 18.9 Å². The van der Waals surface area contributed by atoms with Crippen LogP contribution >= 0.6 is 0 Å². The summed E-state index contributed by atoms with van der Waals surface area (Å²) in [7, 11) is 0. The Morgan fingerprint density at radius 1 is 1.47 bits per heavy atom. The van der Waals surface area contributed by atoms with Crippen LogP contribution in [0.5, 0.6) is 0 Å². The number of carboxylic acids is 1. The molecule has 1 atom stereocenters. The van der Waals surface area contributed by atoms with Gasteiger partial charge in [-0.15, -0.1) is 6.58 Å². The minimum atomic E-state index is -0.834. The van der Waals surface area contributed by atoms with Crippen LogP contribution < -0.4 is 5.32 Å². The molecule has 4 heteroatoms. The van der Waals surface area contributed by atoms with Crippen molar-refractivity contribution in [3.05, 3.63) is 12.2 Å². The Balaban J connectivity index is 3.64. The summed E-state index contributed by atoms with van der Waals surface area (Å²) in [4.78, 5) is 21.6. The maximum Gasteiger partial charge on any atom is 0.303 e. The summed E-state index contributed by atoms with van der Waals surface area (Å²) >= 11 is 0. The molecule has 0 aliphatic rings. The van der Waals surface area contributed by atoms with E-state index in [1.807, 2.05) is 13.8 Å². The fraction of sp³-hybridized carbons (Fsp3) is 0.636. The van der Waals surface area contributed by atoms with Gasteiger partial charge in [-0.2, -0.15) is 0 Å². The van der Waals surface area contributed by atoms with E-state index >= 15 is 0 Å². The lowest BCUT2D eigenvalue weighted by Gasteiger charge is -2.11. The Morgan fingerprint density at radius 2 is 2.07 bits per heavy atom. The van der Waals surface area contributed by atoms with Crippen molar-refractivity contribution >= 4 is 11.9 Å². The zero-order valence-corrected chi connectivity index (χ0v) is 9.38. The van der Waals surface area contributed by atoms with Gasteiger partial charge in [0.2, 0.25) is 5.91 Å². The highest BCUT2D eigenvalue weighted by Crippen LogP contribution is 2.08. The summed E-state index contributed by atoms with van der Waals surface area (Å²) in [6, 6.07) is 0. The first-order valence-electron chi connectivity index (χ1n) is 5.07. The van der Waals surface area contributed by atoms with Crippen LogP contribution in [0.3, 0.4) is 0 Å². The highest BCUT2D eigenvalue weighted by Gasteiger charge is 2.11. The maximum atomic E-state index is 11.4.